The quantitative estimate of drug-likeness (QED) is 0.720. The molecule has 0 saturated heterocycles. The molecule has 0 aliphatic rings. The summed E-state index contributed by atoms with van der Waals surface area (Å²) in [5, 5.41) is 3.29. The van der Waals surface area contributed by atoms with Crippen LogP contribution in [0.25, 0.3) is 0 Å². The number of thioether (sulfide) groups is 1. The summed E-state index contributed by atoms with van der Waals surface area (Å²) in [5.74, 6) is 1.29. The van der Waals surface area contributed by atoms with Gasteiger partial charge in [-0.05, 0) is 19.1 Å². The Balaban J connectivity index is 2.71. The number of anilines is 3. The van der Waals surface area contributed by atoms with E-state index in [1.165, 1.54) is 0 Å². The molecule has 5 nitrogen and oxygen atoms in total. The van der Waals surface area contributed by atoms with Crippen LogP contribution in [0.2, 0.25) is 0 Å². The molecule has 1 aromatic heterocycles. The maximum absolute atomic E-state index is 5.62. The van der Waals surface area contributed by atoms with Gasteiger partial charge < -0.3 is 16.8 Å². The molecule has 5 N–H and O–H groups in total. The van der Waals surface area contributed by atoms with Gasteiger partial charge >= 0.3 is 0 Å². The number of aromatic nitrogens is 2. The van der Waals surface area contributed by atoms with Crippen LogP contribution in [0.5, 0.6) is 0 Å². The van der Waals surface area contributed by atoms with Crippen LogP contribution in [-0.4, -0.2) is 27.5 Å². The molecule has 0 atom stereocenters. The molecule has 0 aliphatic carbocycles. The van der Waals surface area contributed by atoms with Crippen LogP contribution in [0.4, 0.5) is 17.6 Å². The highest BCUT2D eigenvalue weighted by Crippen LogP contribution is 2.30. The van der Waals surface area contributed by atoms with E-state index in [0.29, 0.717) is 11.6 Å². The molecule has 17 heavy (non-hydrogen) atoms. The summed E-state index contributed by atoms with van der Waals surface area (Å²) in [5.41, 5.74) is 11.2. The van der Waals surface area contributed by atoms with Gasteiger partial charge in [0.05, 0.1) is 0 Å². The van der Waals surface area contributed by atoms with Crippen molar-refractivity contribution in [3.8, 4) is 0 Å². The molecule has 0 aromatic carbocycles. The van der Waals surface area contributed by atoms with Crippen LogP contribution < -0.4 is 16.8 Å². The monoisotopic (exact) mass is 255 g/mol. The molecule has 0 amide bonds. The van der Waals surface area contributed by atoms with Crippen LogP contribution >= 0.6 is 11.8 Å². The average Bonchev–Trinajstić information content (AvgIpc) is 2.30. The molecule has 96 valence electrons. The fourth-order valence-corrected chi connectivity index (χ4v) is 2.48. The van der Waals surface area contributed by atoms with Crippen molar-refractivity contribution < 1.29 is 0 Å². The van der Waals surface area contributed by atoms with Crippen molar-refractivity contribution in [2.45, 2.75) is 31.4 Å². The van der Waals surface area contributed by atoms with Gasteiger partial charge in [-0.25, -0.2) is 0 Å². The zero-order valence-corrected chi connectivity index (χ0v) is 11.5. The minimum absolute atomic E-state index is 0.204. The van der Waals surface area contributed by atoms with Gasteiger partial charge in [-0.3, -0.25) is 0 Å². The number of rotatable bonds is 6. The van der Waals surface area contributed by atoms with Crippen molar-refractivity contribution in [3.05, 3.63) is 6.07 Å². The van der Waals surface area contributed by atoms with Crippen LogP contribution in [0.3, 0.4) is 0 Å². The van der Waals surface area contributed by atoms with Crippen molar-refractivity contribution in [1.29, 1.82) is 0 Å². The van der Waals surface area contributed by atoms with Crippen molar-refractivity contribution in [1.82, 2.24) is 9.97 Å². The first-order chi connectivity index (χ1) is 8.05. The van der Waals surface area contributed by atoms with Crippen LogP contribution in [0.15, 0.2) is 6.07 Å². The van der Waals surface area contributed by atoms with Gasteiger partial charge in [0.15, 0.2) is 0 Å². The van der Waals surface area contributed by atoms with E-state index in [4.69, 9.17) is 11.5 Å². The van der Waals surface area contributed by atoms with Crippen LogP contribution in [0, 0.1) is 0 Å². The van der Waals surface area contributed by atoms with Gasteiger partial charge in [0.25, 0.3) is 0 Å². The standard InChI is InChI=1S/C11H21N5S/c1-4-11(5-2,17-3)7-14-9-6-8(12)15-10(13)16-9/h6H,4-5,7H2,1-3H3,(H5,12,13,14,15,16). The second-order valence-electron chi connectivity index (χ2n) is 3.98. The topological polar surface area (TPSA) is 89.8 Å². The molecule has 0 bridgehead atoms. The second kappa shape index (κ2) is 5.95. The maximum atomic E-state index is 5.62. The lowest BCUT2D eigenvalue weighted by Gasteiger charge is -2.30. The van der Waals surface area contributed by atoms with E-state index < -0.39 is 0 Å². The van der Waals surface area contributed by atoms with Gasteiger partial charge in [-0.1, -0.05) is 13.8 Å². The van der Waals surface area contributed by atoms with Crippen molar-refractivity contribution in [3.63, 3.8) is 0 Å². The molecule has 0 aliphatic heterocycles. The molecule has 1 aromatic rings. The van der Waals surface area contributed by atoms with Crippen molar-refractivity contribution in [2.75, 3.05) is 29.6 Å². The number of nitrogens with zero attached hydrogens (tertiary/aromatic N) is 2. The van der Waals surface area contributed by atoms with Crippen molar-refractivity contribution in [2.24, 2.45) is 0 Å². The number of nitrogens with one attached hydrogen (secondary N) is 1. The third kappa shape index (κ3) is 3.66. The Labute approximate surface area is 107 Å². The normalized spacial score (nSPS) is 11.5. The molecular formula is C11H21N5S. The van der Waals surface area contributed by atoms with Gasteiger partial charge in [0.2, 0.25) is 5.95 Å². The van der Waals surface area contributed by atoms with Gasteiger partial charge in [0, 0.05) is 17.4 Å². The van der Waals surface area contributed by atoms with E-state index in [1.54, 1.807) is 6.07 Å². The Morgan fingerprint density at radius 3 is 2.41 bits per heavy atom. The molecule has 0 spiro atoms. The van der Waals surface area contributed by atoms with Crippen molar-refractivity contribution >= 4 is 29.3 Å². The Morgan fingerprint density at radius 2 is 1.94 bits per heavy atom. The first kappa shape index (κ1) is 13.9. The first-order valence-electron chi connectivity index (χ1n) is 5.74. The molecule has 1 rings (SSSR count). The maximum Gasteiger partial charge on any atom is 0.223 e. The molecule has 0 fully saturated rings. The number of nitrogens with two attached hydrogens (primary N) is 2. The summed E-state index contributed by atoms with van der Waals surface area (Å²) in [6, 6.07) is 1.70. The van der Waals surface area contributed by atoms with Crippen LogP contribution in [0.1, 0.15) is 26.7 Å². The predicted octanol–water partition coefficient (Wildman–Crippen LogP) is 1.97. The summed E-state index contributed by atoms with van der Waals surface area (Å²) in [6.07, 6.45) is 4.35. The van der Waals surface area contributed by atoms with E-state index in [9.17, 15) is 0 Å². The number of nitrogen functional groups attached to an aromatic ring is 2. The van der Waals surface area contributed by atoms with Gasteiger partial charge in [-0.2, -0.15) is 21.7 Å². The molecule has 0 unspecified atom stereocenters. The summed E-state index contributed by atoms with van der Waals surface area (Å²) < 4.78 is 0.231. The highest BCUT2D eigenvalue weighted by Gasteiger charge is 2.24. The Bertz CT molecular complexity index is 336. The predicted molar refractivity (Wildman–Crippen MR) is 76.2 cm³/mol. The molecule has 0 saturated carbocycles. The number of hydrogen-bond acceptors (Lipinski definition) is 6. The van der Waals surface area contributed by atoms with E-state index in [-0.39, 0.29) is 10.7 Å². The largest absolute Gasteiger partial charge is 0.383 e. The third-order valence-corrected chi connectivity index (χ3v) is 4.66. The lowest BCUT2D eigenvalue weighted by molar-refractivity contribution is 0.574. The van der Waals surface area contributed by atoms with Gasteiger partial charge in [0.1, 0.15) is 11.6 Å². The summed E-state index contributed by atoms with van der Waals surface area (Å²) in [4.78, 5) is 7.94. The Hall–Kier alpha value is -1.17. The fraction of sp³-hybridized carbons (Fsp3) is 0.636. The third-order valence-electron chi connectivity index (χ3n) is 3.08. The zero-order valence-electron chi connectivity index (χ0n) is 10.7. The SMILES string of the molecule is CCC(CC)(CNc1cc(N)nc(N)n1)SC. The number of hydrogen-bond donors (Lipinski definition) is 3. The van der Waals surface area contributed by atoms with E-state index in [0.717, 1.165) is 19.4 Å². The summed E-state index contributed by atoms with van der Waals surface area (Å²) in [6.45, 7) is 5.24. The Kier molecular flexibility index (Phi) is 4.86. The summed E-state index contributed by atoms with van der Waals surface area (Å²) in [7, 11) is 0. The smallest absolute Gasteiger partial charge is 0.223 e. The fourth-order valence-electron chi connectivity index (χ4n) is 1.69. The minimum Gasteiger partial charge on any atom is -0.383 e. The van der Waals surface area contributed by atoms with E-state index >= 15 is 0 Å². The zero-order chi connectivity index (χ0) is 12.9. The molecule has 1 heterocycles. The van der Waals surface area contributed by atoms with Gasteiger partial charge in [-0.15, -0.1) is 0 Å². The van der Waals surface area contributed by atoms with E-state index in [2.05, 4.69) is 35.4 Å². The highest BCUT2D eigenvalue weighted by atomic mass is 32.2. The molecule has 0 radical (unpaired) electrons. The molecular weight excluding hydrogens is 234 g/mol. The molecule has 6 heteroatoms. The lowest BCUT2D eigenvalue weighted by Crippen LogP contribution is -2.32. The lowest BCUT2D eigenvalue weighted by atomic mass is 10.0. The Morgan fingerprint density at radius 1 is 1.29 bits per heavy atom. The second-order valence-corrected chi connectivity index (χ2v) is 5.26. The minimum atomic E-state index is 0.204. The highest BCUT2D eigenvalue weighted by molar-refractivity contribution is 8.00. The average molecular weight is 255 g/mol. The summed E-state index contributed by atoms with van der Waals surface area (Å²) >= 11 is 1.88. The van der Waals surface area contributed by atoms with E-state index in [1.807, 2.05) is 11.8 Å². The van der Waals surface area contributed by atoms with Crippen LogP contribution in [-0.2, 0) is 0 Å². The first-order valence-corrected chi connectivity index (χ1v) is 6.96.